The van der Waals surface area contributed by atoms with Crippen molar-refractivity contribution in [3.05, 3.63) is 36.6 Å². The molecule has 1 N–H and O–H groups in total. The maximum atomic E-state index is 4.51. The molecule has 3 heterocycles. The maximum absolute atomic E-state index is 4.51. The number of aromatic nitrogens is 3. The highest BCUT2D eigenvalue weighted by Crippen LogP contribution is 2.19. The Morgan fingerprint density at radius 1 is 1.09 bits per heavy atom. The Hall–Kier alpha value is -2.50. The van der Waals surface area contributed by atoms with Gasteiger partial charge in [-0.15, -0.1) is 0 Å². The normalized spacial score (nSPS) is 16.2. The van der Waals surface area contributed by atoms with Gasteiger partial charge in [0.25, 0.3) is 0 Å². The highest BCUT2D eigenvalue weighted by atomic mass is 15.1. The predicted molar refractivity (Wildman–Crippen MR) is 91.7 cm³/mol. The molecule has 0 radical (unpaired) electrons. The van der Waals surface area contributed by atoms with E-state index in [9.17, 15) is 0 Å². The first-order valence-corrected chi connectivity index (χ1v) is 7.42. The van der Waals surface area contributed by atoms with Gasteiger partial charge in [0.05, 0.1) is 17.5 Å². The molecule has 0 aliphatic carbocycles. The summed E-state index contributed by atoms with van der Waals surface area (Å²) >= 11 is 0. The molecule has 0 amide bonds. The van der Waals surface area contributed by atoms with Crippen LogP contribution in [0.5, 0.6) is 0 Å². The van der Waals surface area contributed by atoms with Crippen molar-refractivity contribution in [2.75, 3.05) is 5.32 Å². The molecule has 0 spiro atoms. The number of allylic oxidation sites excluding steroid dienone is 1. The summed E-state index contributed by atoms with van der Waals surface area (Å²) in [7, 11) is 0. The average molecular weight is 298 g/mol. The summed E-state index contributed by atoms with van der Waals surface area (Å²) in [5.74, 6) is 1.46. The third-order valence-corrected chi connectivity index (χ3v) is 2.92. The fourth-order valence-electron chi connectivity index (χ4n) is 2.21. The number of fused-ring (bicyclic) bond motifs is 1. The number of hydrogen-bond acceptors (Lipinski definition) is 5. The SMILES string of the molecule is CC.CC1=NC(C)(C)C=C(Nc2nccn3ccnc23)C=N1. The molecule has 2 aromatic rings. The summed E-state index contributed by atoms with van der Waals surface area (Å²) in [6, 6.07) is 0. The molecule has 2 aromatic heterocycles. The second-order valence-corrected chi connectivity index (χ2v) is 5.23. The van der Waals surface area contributed by atoms with E-state index in [1.54, 1.807) is 18.6 Å². The summed E-state index contributed by atoms with van der Waals surface area (Å²) in [5.41, 5.74) is 1.34. The van der Waals surface area contributed by atoms with E-state index in [0.29, 0.717) is 5.82 Å². The van der Waals surface area contributed by atoms with Crippen LogP contribution in [0.2, 0.25) is 0 Å². The van der Waals surface area contributed by atoms with Crippen LogP contribution in [0.25, 0.3) is 5.65 Å². The molecule has 0 aromatic carbocycles. The number of imidazole rings is 1. The largest absolute Gasteiger partial charge is 0.336 e. The quantitative estimate of drug-likeness (QED) is 0.924. The van der Waals surface area contributed by atoms with Crippen molar-refractivity contribution in [3.8, 4) is 0 Å². The number of aliphatic imine (C=N–C) groups is 2. The molecule has 0 bridgehead atoms. The highest BCUT2D eigenvalue weighted by molar-refractivity contribution is 5.96. The van der Waals surface area contributed by atoms with Gasteiger partial charge in [-0.3, -0.25) is 4.99 Å². The number of rotatable bonds is 2. The summed E-state index contributed by atoms with van der Waals surface area (Å²) < 4.78 is 1.91. The van der Waals surface area contributed by atoms with Crippen LogP contribution in [0.15, 0.2) is 46.5 Å². The topological polar surface area (TPSA) is 66.9 Å². The van der Waals surface area contributed by atoms with Crippen LogP contribution in [0, 0.1) is 0 Å². The lowest BCUT2D eigenvalue weighted by Gasteiger charge is -2.15. The molecular formula is C16H22N6. The van der Waals surface area contributed by atoms with Gasteiger partial charge in [0.2, 0.25) is 0 Å². The van der Waals surface area contributed by atoms with Crippen molar-refractivity contribution in [2.45, 2.75) is 40.2 Å². The molecule has 116 valence electrons. The summed E-state index contributed by atoms with van der Waals surface area (Å²) in [5, 5.41) is 3.27. The summed E-state index contributed by atoms with van der Waals surface area (Å²) in [6.45, 7) is 9.97. The van der Waals surface area contributed by atoms with E-state index in [4.69, 9.17) is 0 Å². The van der Waals surface area contributed by atoms with E-state index in [2.05, 4.69) is 25.3 Å². The van der Waals surface area contributed by atoms with Gasteiger partial charge in [-0.05, 0) is 26.8 Å². The number of nitrogens with one attached hydrogen (secondary N) is 1. The monoisotopic (exact) mass is 298 g/mol. The van der Waals surface area contributed by atoms with Crippen molar-refractivity contribution in [1.82, 2.24) is 14.4 Å². The smallest absolute Gasteiger partial charge is 0.180 e. The van der Waals surface area contributed by atoms with Gasteiger partial charge in [0.15, 0.2) is 11.5 Å². The zero-order chi connectivity index (χ0) is 16.2. The first kappa shape index (κ1) is 15.9. The molecule has 22 heavy (non-hydrogen) atoms. The minimum absolute atomic E-state index is 0.302. The van der Waals surface area contributed by atoms with E-state index in [0.717, 1.165) is 17.2 Å². The molecule has 3 rings (SSSR count). The highest BCUT2D eigenvalue weighted by Gasteiger charge is 2.17. The Bertz CT molecular complexity index is 736. The lowest BCUT2D eigenvalue weighted by Crippen LogP contribution is -2.16. The molecule has 0 saturated heterocycles. The lowest BCUT2D eigenvalue weighted by atomic mass is 10.1. The van der Waals surface area contributed by atoms with E-state index in [-0.39, 0.29) is 5.54 Å². The van der Waals surface area contributed by atoms with Crippen molar-refractivity contribution in [1.29, 1.82) is 0 Å². The van der Waals surface area contributed by atoms with Crippen LogP contribution < -0.4 is 5.32 Å². The van der Waals surface area contributed by atoms with Gasteiger partial charge >= 0.3 is 0 Å². The van der Waals surface area contributed by atoms with Crippen molar-refractivity contribution >= 4 is 23.5 Å². The van der Waals surface area contributed by atoms with Crippen molar-refractivity contribution in [3.63, 3.8) is 0 Å². The van der Waals surface area contributed by atoms with Gasteiger partial charge in [0, 0.05) is 24.8 Å². The van der Waals surface area contributed by atoms with Gasteiger partial charge in [0.1, 0.15) is 5.84 Å². The fraction of sp³-hybridized carbons (Fsp3) is 0.375. The van der Waals surface area contributed by atoms with Crippen LogP contribution in [-0.4, -0.2) is 32.0 Å². The summed E-state index contributed by atoms with van der Waals surface area (Å²) in [6.07, 6.45) is 11.0. The molecule has 0 fully saturated rings. The van der Waals surface area contributed by atoms with E-state index in [1.165, 1.54) is 0 Å². The van der Waals surface area contributed by atoms with Crippen LogP contribution in [-0.2, 0) is 0 Å². The Labute approximate surface area is 130 Å². The minimum atomic E-state index is -0.302. The molecule has 0 saturated carbocycles. The predicted octanol–water partition coefficient (Wildman–Crippen LogP) is 3.33. The van der Waals surface area contributed by atoms with E-state index >= 15 is 0 Å². The number of amidine groups is 1. The Morgan fingerprint density at radius 3 is 2.50 bits per heavy atom. The molecular weight excluding hydrogens is 276 g/mol. The molecule has 0 atom stereocenters. The third-order valence-electron chi connectivity index (χ3n) is 2.92. The first-order valence-electron chi connectivity index (χ1n) is 7.42. The van der Waals surface area contributed by atoms with E-state index < -0.39 is 0 Å². The molecule has 1 aliphatic rings. The lowest BCUT2D eigenvalue weighted by molar-refractivity contribution is 0.655. The first-order chi connectivity index (χ1) is 10.5. The second kappa shape index (κ2) is 6.51. The van der Waals surface area contributed by atoms with Crippen molar-refractivity contribution < 1.29 is 0 Å². The maximum Gasteiger partial charge on any atom is 0.180 e. The van der Waals surface area contributed by atoms with Crippen LogP contribution in [0.1, 0.15) is 34.6 Å². The van der Waals surface area contributed by atoms with Gasteiger partial charge in [-0.1, -0.05) is 13.8 Å². The summed E-state index contributed by atoms with van der Waals surface area (Å²) in [4.78, 5) is 17.5. The van der Waals surface area contributed by atoms with Gasteiger partial charge in [-0.25, -0.2) is 15.0 Å². The van der Waals surface area contributed by atoms with Crippen LogP contribution in [0.3, 0.4) is 0 Å². The van der Waals surface area contributed by atoms with Gasteiger partial charge in [-0.2, -0.15) is 0 Å². The Kier molecular flexibility index (Phi) is 4.70. The zero-order valence-corrected chi connectivity index (χ0v) is 13.7. The Balaban J connectivity index is 0.000000847. The average Bonchev–Trinajstić information content (AvgIpc) is 2.90. The third kappa shape index (κ3) is 3.58. The van der Waals surface area contributed by atoms with E-state index in [1.807, 2.05) is 57.5 Å². The van der Waals surface area contributed by atoms with Crippen LogP contribution in [0.4, 0.5) is 5.82 Å². The minimum Gasteiger partial charge on any atom is -0.336 e. The zero-order valence-electron chi connectivity index (χ0n) is 13.7. The number of anilines is 1. The number of nitrogens with zero attached hydrogens (tertiary/aromatic N) is 5. The molecule has 6 heteroatoms. The second-order valence-electron chi connectivity index (χ2n) is 5.23. The molecule has 1 aliphatic heterocycles. The van der Waals surface area contributed by atoms with Gasteiger partial charge < -0.3 is 9.72 Å². The van der Waals surface area contributed by atoms with Crippen LogP contribution >= 0.6 is 0 Å². The standard InChI is InChI=1S/C14H16N6.C2H6/c1-10-17-9-11(8-14(2,3)19-10)18-12-13-16-5-7-20(13)6-4-15-12;1-2/h4-9H,1-3H3,(H,15,18);1-2H3. The Morgan fingerprint density at radius 2 is 1.77 bits per heavy atom. The molecule has 6 nitrogen and oxygen atoms in total. The molecule has 0 unspecified atom stereocenters. The fourth-order valence-corrected chi connectivity index (χ4v) is 2.21. The number of hydrogen-bond donors (Lipinski definition) is 1. The van der Waals surface area contributed by atoms with Crippen molar-refractivity contribution in [2.24, 2.45) is 9.98 Å².